The Hall–Kier alpha value is -0.580. The molecule has 2 unspecified atom stereocenters. The van der Waals surface area contributed by atoms with Crippen molar-refractivity contribution in [3.05, 3.63) is 17.2 Å². The fourth-order valence-electron chi connectivity index (χ4n) is 3.73. The number of nitrogen functional groups attached to an aromatic ring is 1. The quantitative estimate of drug-likeness (QED) is 0.777. The van der Waals surface area contributed by atoms with Crippen LogP contribution in [0.4, 0.5) is 11.4 Å². The molecule has 0 radical (unpaired) electrons. The van der Waals surface area contributed by atoms with Gasteiger partial charge in [-0.2, -0.15) is 0 Å². The molecule has 122 valence electrons. The molecule has 3 rings (SSSR count). The van der Waals surface area contributed by atoms with E-state index >= 15 is 0 Å². The van der Waals surface area contributed by atoms with Crippen molar-refractivity contribution < 1.29 is 0 Å². The molecule has 2 aliphatic heterocycles. The predicted molar refractivity (Wildman–Crippen MR) is 98.1 cm³/mol. The van der Waals surface area contributed by atoms with Gasteiger partial charge in [0.2, 0.25) is 0 Å². The molecule has 2 bridgehead atoms. The number of benzene rings is 1. The Morgan fingerprint density at radius 1 is 1.32 bits per heavy atom. The zero-order chi connectivity index (χ0) is 15.7. The summed E-state index contributed by atoms with van der Waals surface area (Å²) < 4.78 is 0. The van der Waals surface area contributed by atoms with E-state index in [0.29, 0.717) is 5.25 Å². The van der Waals surface area contributed by atoms with Gasteiger partial charge in [-0.05, 0) is 51.3 Å². The van der Waals surface area contributed by atoms with E-state index in [2.05, 4.69) is 30.3 Å². The van der Waals surface area contributed by atoms with Gasteiger partial charge in [-0.1, -0.05) is 18.5 Å². The summed E-state index contributed by atoms with van der Waals surface area (Å²) in [5.74, 6) is 0. The highest BCUT2D eigenvalue weighted by atomic mass is 35.5. The van der Waals surface area contributed by atoms with Gasteiger partial charge in [0.25, 0.3) is 0 Å². The first kappa shape index (κ1) is 16.3. The summed E-state index contributed by atoms with van der Waals surface area (Å²) in [5.41, 5.74) is 7.72. The Morgan fingerprint density at radius 3 is 2.64 bits per heavy atom. The number of nitrogens with two attached hydrogens (primary N) is 1. The third-order valence-electron chi connectivity index (χ3n) is 5.04. The number of anilines is 2. The largest absolute Gasteiger partial charge is 0.397 e. The van der Waals surface area contributed by atoms with Crippen LogP contribution in [0.25, 0.3) is 0 Å². The fourth-order valence-corrected chi connectivity index (χ4v) is 5.45. The Labute approximate surface area is 143 Å². The molecule has 2 atom stereocenters. The summed E-state index contributed by atoms with van der Waals surface area (Å²) in [5, 5.41) is 4.84. The van der Waals surface area contributed by atoms with Crippen LogP contribution >= 0.6 is 23.4 Å². The fraction of sp³-hybridized carbons (Fsp3) is 0.647. The van der Waals surface area contributed by atoms with E-state index in [0.717, 1.165) is 41.4 Å². The summed E-state index contributed by atoms with van der Waals surface area (Å²) in [4.78, 5) is 3.75. The standard InChI is InChI=1S/C17H26ClN3S/c1-3-8-20-17-14(19)6-7-15(16(17)18)22-13-9-11-4-5-12(10-13)21(11)2/h6-7,11-13,20H,3-5,8-10,19H2,1-2H3. The summed E-state index contributed by atoms with van der Waals surface area (Å²) >= 11 is 8.56. The molecule has 3 nitrogen and oxygen atoms in total. The van der Waals surface area contributed by atoms with Crippen molar-refractivity contribution in [2.24, 2.45) is 0 Å². The van der Waals surface area contributed by atoms with Gasteiger partial charge in [0.1, 0.15) is 0 Å². The normalized spacial score (nSPS) is 28.0. The van der Waals surface area contributed by atoms with Gasteiger partial charge in [0, 0.05) is 28.8 Å². The zero-order valence-electron chi connectivity index (χ0n) is 13.4. The number of hydrogen-bond donors (Lipinski definition) is 2. The third-order valence-corrected chi connectivity index (χ3v) is 6.86. The van der Waals surface area contributed by atoms with Gasteiger partial charge in [-0.3, -0.25) is 0 Å². The first-order valence-electron chi connectivity index (χ1n) is 8.30. The lowest BCUT2D eigenvalue weighted by molar-refractivity contribution is 0.183. The Kier molecular flexibility index (Phi) is 5.10. The Balaban J connectivity index is 1.73. The first-order valence-corrected chi connectivity index (χ1v) is 9.56. The van der Waals surface area contributed by atoms with Crippen molar-refractivity contribution in [1.82, 2.24) is 4.90 Å². The summed E-state index contributed by atoms with van der Waals surface area (Å²) in [6.45, 7) is 3.04. The van der Waals surface area contributed by atoms with Gasteiger partial charge in [0.15, 0.2) is 0 Å². The van der Waals surface area contributed by atoms with Crippen LogP contribution in [0, 0.1) is 0 Å². The first-order chi connectivity index (χ1) is 10.6. The van der Waals surface area contributed by atoms with Gasteiger partial charge in [-0.25, -0.2) is 0 Å². The van der Waals surface area contributed by atoms with E-state index in [9.17, 15) is 0 Å². The minimum Gasteiger partial charge on any atom is -0.397 e. The van der Waals surface area contributed by atoms with E-state index in [1.807, 2.05) is 17.8 Å². The van der Waals surface area contributed by atoms with E-state index in [1.165, 1.54) is 30.6 Å². The van der Waals surface area contributed by atoms with Crippen LogP contribution in [0.2, 0.25) is 5.02 Å². The summed E-state index contributed by atoms with van der Waals surface area (Å²) in [6.07, 6.45) is 6.33. The maximum atomic E-state index is 6.61. The summed E-state index contributed by atoms with van der Waals surface area (Å²) in [7, 11) is 2.28. The second-order valence-corrected chi connectivity index (χ2v) is 8.25. The molecule has 1 aromatic carbocycles. The molecule has 0 amide bonds. The molecule has 2 aliphatic rings. The monoisotopic (exact) mass is 339 g/mol. The number of nitrogens with one attached hydrogen (secondary N) is 1. The van der Waals surface area contributed by atoms with Crippen LogP contribution in [0.3, 0.4) is 0 Å². The van der Waals surface area contributed by atoms with Crippen LogP contribution in [0.15, 0.2) is 17.0 Å². The number of rotatable bonds is 5. The molecule has 2 fully saturated rings. The van der Waals surface area contributed by atoms with Gasteiger partial charge < -0.3 is 16.0 Å². The molecule has 0 saturated carbocycles. The van der Waals surface area contributed by atoms with E-state index in [-0.39, 0.29) is 0 Å². The highest BCUT2D eigenvalue weighted by Gasteiger charge is 2.38. The highest BCUT2D eigenvalue weighted by Crippen LogP contribution is 2.45. The topological polar surface area (TPSA) is 41.3 Å². The highest BCUT2D eigenvalue weighted by molar-refractivity contribution is 8.00. The molecule has 3 N–H and O–H groups in total. The molecular formula is C17H26ClN3S. The molecule has 2 saturated heterocycles. The van der Waals surface area contributed by atoms with Crippen LogP contribution in [0.5, 0.6) is 0 Å². The van der Waals surface area contributed by atoms with Crippen molar-refractivity contribution in [3.8, 4) is 0 Å². The number of halogens is 1. The van der Waals surface area contributed by atoms with Gasteiger partial charge in [-0.15, -0.1) is 11.8 Å². The lowest BCUT2D eigenvalue weighted by atomic mass is 10.0. The molecule has 22 heavy (non-hydrogen) atoms. The molecule has 2 heterocycles. The average Bonchev–Trinajstić information content (AvgIpc) is 2.73. The maximum Gasteiger partial charge on any atom is 0.0794 e. The molecular weight excluding hydrogens is 314 g/mol. The Bertz CT molecular complexity index is 523. The minimum atomic E-state index is 0.675. The van der Waals surface area contributed by atoms with Crippen molar-refractivity contribution in [1.29, 1.82) is 0 Å². The average molecular weight is 340 g/mol. The van der Waals surface area contributed by atoms with Crippen LogP contribution < -0.4 is 11.1 Å². The molecule has 0 spiro atoms. The van der Waals surface area contributed by atoms with E-state index in [4.69, 9.17) is 17.3 Å². The van der Waals surface area contributed by atoms with E-state index < -0.39 is 0 Å². The van der Waals surface area contributed by atoms with Gasteiger partial charge in [0.05, 0.1) is 16.4 Å². The number of nitrogens with zero attached hydrogens (tertiary/aromatic N) is 1. The second-order valence-electron chi connectivity index (χ2n) is 6.53. The number of piperidine rings is 1. The lowest BCUT2D eigenvalue weighted by Crippen LogP contribution is -2.40. The van der Waals surface area contributed by atoms with Crippen LogP contribution in [0.1, 0.15) is 39.0 Å². The van der Waals surface area contributed by atoms with Crippen molar-refractivity contribution in [3.63, 3.8) is 0 Å². The predicted octanol–water partition coefficient (Wildman–Crippen LogP) is 4.46. The van der Waals surface area contributed by atoms with Gasteiger partial charge >= 0.3 is 0 Å². The molecule has 0 aromatic heterocycles. The number of fused-ring (bicyclic) bond motifs is 2. The maximum absolute atomic E-state index is 6.61. The smallest absolute Gasteiger partial charge is 0.0794 e. The Morgan fingerprint density at radius 2 is 2.00 bits per heavy atom. The van der Waals surface area contributed by atoms with E-state index in [1.54, 1.807) is 0 Å². The van der Waals surface area contributed by atoms with Crippen molar-refractivity contribution in [2.75, 3.05) is 24.6 Å². The van der Waals surface area contributed by atoms with Crippen LogP contribution in [-0.2, 0) is 0 Å². The van der Waals surface area contributed by atoms with Crippen molar-refractivity contribution >= 4 is 34.7 Å². The number of thioether (sulfide) groups is 1. The van der Waals surface area contributed by atoms with Crippen LogP contribution in [-0.4, -0.2) is 35.8 Å². The zero-order valence-corrected chi connectivity index (χ0v) is 15.0. The molecule has 5 heteroatoms. The van der Waals surface area contributed by atoms with Crippen molar-refractivity contribution in [2.45, 2.75) is 61.3 Å². The third kappa shape index (κ3) is 3.19. The summed E-state index contributed by atoms with van der Waals surface area (Å²) in [6, 6.07) is 5.60. The minimum absolute atomic E-state index is 0.675. The lowest BCUT2D eigenvalue weighted by Gasteiger charge is -2.36. The number of hydrogen-bond acceptors (Lipinski definition) is 4. The second kappa shape index (κ2) is 6.90. The molecule has 0 aliphatic carbocycles. The SMILES string of the molecule is CCCNc1c(N)ccc(SC2CC3CCC(C2)N3C)c1Cl. The molecule has 1 aromatic rings.